The van der Waals surface area contributed by atoms with Gasteiger partial charge in [-0.2, -0.15) is 0 Å². The third kappa shape index (κ3) is 3.74. The van der Waals surface area contributed by atoms with E-state index in [2.05, 4.69) is 34.8 Å². The third-order valence-corrected chi connectivity index (χ3v) is 6.41. The Kier molecular flexibility index (Phi) is 5.34. The normalized spacial score (nSPS) is 17.9. The van der Waals surface area contributed by atoms with E-state index in [1.54, 1.807) is 30.5 Å². The minimum atomic E-state index is -0.292. The van der Waals surface area contributed by atoms with Gasteiger partial charge in [0, 0.05) is 29.0 Å². The first-order valence-electron chi connectivity index (χ1n) is 10.7. The molecule has 1 fully saturated rings. The van der Waals surface area contributed by atoms with Crippen molar-refractivity contribution in [2.24, 2.45) is 0 Å². The molecule has 166 valence electrons. The molecule has 0 unspecified atom stereocenters. The highest BCUT2D eigenvalue weighted by atomic mass is 32.1. The Morgan fingerprint density at radius 3 is 2.33 bits per heavy atom. The van der Waals surface area contributed by atoms with Crippen molar-refractivity contribution in [3.05, 3.63) is 107 Å². The minimum absolute atomic E-state index is 0.183. The summed E-state index contributed by atoms with van der Waals surface area (Å²) in [6.45, 7) is 4.14. The fraction of sp³-hybridized carbons (Fsp3) is 0.154. The lowest BCUT2D eigenvalue weighted by Crippen LogP contribution is -2.29. The lowest BCUT2D eigenvalue weighted by Gasteiger charge is -2.28. The molecular weight excluding hydrogens is 435 g/mol. The van der Waals surface area contributed by atoms with Gasteiger partial charge in [0.2, 0.25) is 0 Å². The van der Waals surface area contributed by atoms with E-state index in [1.807, 2.05) is 35.2 Å². The Labute approximate surface area is 197 Å². The summed E-state index contributed by atoms with van der Waals surface area (Å²) in [6.07, 6.45) is 1.78. The highest BCUT2D eigenvalue weighted by molar-refractivity contribution is 7.80. The number of phenolic OH excluding ortho intramolecular Hbond substituents is 1. The van der Waals surface area contributed by atoms with Crippen molar-refractivity contribution in [3.63, 3.8) is 0 Å². The first kappa shape index (κ1) is 21.2. The Hall–Kier alpha value is -3.71. The van der Waals surface area contributed by atoms with Crippen LogP contribution in [0.3, 0.4) is 0 Å². The van der Waals surface area contributed by atoms with E-state index in [4.69, 9.17) is 12.2 Å². The molecule has 1 saturated heterocycles. The Bertz CT molecular complexity index is 1300. The fourth-order valence-corrected chi connectivity index (χ4v) is 4.98. The summed E-state index contributed by atoms with van der Waals surface area (Å²) in [6, 6.07) is 21.2. The molecule has 33 heavy (non-hydrogen) atoms. The number of hydrogen-bond donors (Lipinski definition) is 2. The number of aromatic nitrogens is 2. The van der Waals surface area contributed by atoms with Crippen molar-refractivity contribution in [2.75, 3.05) is 4.90 Å². The molecule has 7 heteroatoms. The van der Waals surface area contributed by atoms with Crippen LogP contribution in [0.4, 0.5) is 10.1 Å². The van der Waals surface area contributed by atoms with Crippen LogP contribution in [-0.4, -0.2) is 19.8 Å². The van der Waals surface area contributed by atoms with E-state index in [0.717, 1.165) is 34.0 Å². The molecule has 1 aliphatic heterocycles. The lowest BCUT2D eigenvalue weighted by molar-refractivity contribution is 0.475. The van der Waals surface area contributed by atoms with Crippen LogP contribution in [0.2, 0.25) is 0 Å². The molecule has 5 rings (SSSR count). The standard InChI is InChI=1S/C26H23FN4OS/c1-16-15-22(17(2)30(16)19-10-12-21(32)13-11-19)25-24(23-5-3-4-14-28-23)29-26(33)31(25)20-8-6-18(27)7-9-20/h3-15,24-25,32H,1-2H3,(H,29,33)/t24-,25+/m1/s1. The summed E-state index contributed by atoms with van der Waals surface area (Å²) >= 11 is 5.76. The number of rotatable bonds is 4. The highest BCUT2D eigenvalue weighted by Crippen LogP contribution is 2.43. The van der Waals surface area contributed by atoms with Crippen LogP contribution in [0.25, 0.3) is 5.69 Å². The van der Waals surface area contributed by atoms with Gasteiger partial charge in [-0.25, -0.2) is 4.39 Å². The predicted molar refractivity (Wildman–Crippen MR) is 131 cm³/mol. The summed E-state index contributed by atoms with van der Waals surface area (Å²) in [5.41, 5.74) is 5.86. The van der Waals surface area contributed by atoms with E-state index in [1.165, 1.54) is 12.1 Å². The maximum absolute atomic E-state index is 13.7. The van der Waals surface area contributed by atoms with E-state index in [9.17, 15) is 9.50 Å². The summed E-state index contributed by atoms with van der Waals surface area (Å²) in [5.74, 6) is -0.0652. The topological polar surface area (TPSA) is 53.3 Å². The number of aromatic hydroxyl groups is 1. The van der Waals surface area contributed by atoms with Gasteiger partial charge in [0.25, 0.3) is 0 Å². The molecule has 0 bridgehead atoms. The van der Waals surface area contributed by atoms with E-state index >= 15 is 0 Å². The Morgan fingerprint density at radius 1 is 0.970 bits per heavy atom. The molecule has 0 aliphatic carbocycles. The second-order valence-electron chi connectivity index (χ2n) is 8.15. The molecule has 2 aromatic heterocycles. The number of halogens is 1. The van der Waals surface area contributed by atoms with Crippen molar-refractivity contribution < 1.29 is 9.50 Å². The quantitative estimate of drug-likeness (QED) is 0.395. The first-order chi connectivity index (χ1) is 15.9. The molecule has 0 amide bonds. The summed E-state index contributed by atoms with van der Waals surface area (Å²) < 4.78 is 15.8. The van der Waals surface area contributed by atoms with Crippen LogP contribution in [0, 0.1) is 19.7 Å². The fourth-order valence-electron chi connectivity index (χ4n) is 4.64. The van der Waals surface area contributed by atoms with E-state index in [-0.39, 0.29) is 23.7 Å². The monoisotopic (exact) mass is 458 g/mol. The van der Waals surface area contributed by atoms with Gasteiger partial charge < -0.3 is 19.9 Å². The molecule has 0 radical (unpaired) electrons. The largest absolute Gasteiger partial charge is 0.508 e. The zero-order valence-corrected chi connectivity index (χ0v) is 19.1. The van der Waals surface area contributed by atoms with Gasteiger partial charge in [-0.3, -0.25) is 4.98 Å². The lowest BCUT2D eigenvalue weighted by atomic mass is 9.96. The summed E-state index contributed by atoms with van der Waals surface area (Å²) in [4.78, 5) is 6.64. The second kappa shape index (κ2) is 8.33. The highest BCUT2D eigenvalue weighted by Gasteiger charge is 2.42. The average molecular weight is 459 g/mol. The van der Waals surface area contributed by atoms with Gasteiger partial charge in [-0.15, -0.1) is 0 Å². The predicted octanol–water partition coefficient (Wildman–Crippen LogP) is 5.51. The van der Waals surface area contributed by atoms with Crippen LogP contribution in [0.15, 0.2) is 79.0 Å². The minimum Gasteiger partial charge on any atom is -0.508 e. The zero-order chi connectivity index (χ0) is 23.1. The van der Waals surface area contributed by atoms with Crippen LogP contribution >= 0.6 is 12.2 Å². The zero-order valence-electron chi connectivity index (χ0n) is 18.2. The van der Waals surface area contributed by atoms with Crippen molar-refractivity contribution in [1.82, 2.24) is 14.9 Å². The summed E-state index contributed by atoms with van der Waals surface area (Å²) in [5, 5.41) is 13.7. The van der Waals surface area contributed by atoms with Crippen molar-refractivity contribution in [2.45, 2.75) is 25.9 Å². The van der Waals surface area contributed by atoms with Gasteiger partial charge in [0.1, 0.15) is 11.6 Å². The van der Waals surface area contributed by atoms with Crippen molar-refractivity contribution in [3.8, 4) is 11.4 Å². The maximum atomic E-state index is 13.7. The molecule has 4 aromatic rings. The van der Waals surface area contributed by atoms with E-state index in [0.29, 0.717) is 5.11 Å². The molecule has 3 heterocycles. The molecule has 0 spiro atoms. The molecule has 5 nitrogen and oxygen atoms in total. The number of nitrogens with one attached hydrogen (secondary N) is 1. The maximum Gasteiger partial charge on any atom is 0.174 e. The molecule has 1 aliphatic rings. The van der Waals surface area contributed by atoms with Crippen LogP contribution in [0.5, 0.6) is 5.75 Å². The molecule has 2 aromatic carbocycles. The number of anilines is 1. The van der Waals surface area contributed by atoms with Crippen molar-refractivity contribution in [1.29, 1.82) is 0 Å². The molecule has 2 N–H and O–H groups in total. The average Bonchev–Trinajstić information content (AvgIpc) is 3.31. The molecule has 0 saturated carbocycles. The number of nitrogens with zero attached hydrogens (tertiary/aromatic N) is 3. The van der Waals surface area contributed by atoms with Gasteiger partial charge in [-0.1, -0.05) is 6.07 Å². The number of aryl methyl sites for hydroxylation is 1. The van der Waals surface area contributed by atoms with Crippen LogP contribution < -0.4 is 10.2 Å². The summed E-state index contributed by atoms with van der Waals surface area (Å²) in [7, 11) is 0. The number of hydrogen-bond acceptors (Lipinski definition) is 3. The van der Waals surface area contributed by atoms with Gasteiger partial charge in [0.15, 0.2) is 5.11 Å². The molecular formula is C26H23FN4OS. The van der Waals surface area contributed by atoms with Crippen LogP contribution in [0.1, 0.15) is 34.7 Å². The number of pyridine rings is 1. The molecule has 2 atom stereocenters. The SMILES string of the molecule is Cc1cc([C@H]2[C@@H](c3ccccn3)NC(=S)N2c2ccc(F)cc2)c(C)n1-c1ccc(O)cc1. The smallest absolute Gasteiger partial charge is 0.174 e. The number of thiocarbonyl (C=S) groups is 1. The Balaban J connectivity index is 1.67. The van der Waals surface area contributed by atoms with Gasteiger partial charge in [0.05, 0.1) is 17.8 Å². The van der Waals surface area contributed by atoms with Gasteiger partial charge >= 0.3 is 0 Å². The van der Waals surface area contributed by atoms with Gasteiger partial charge in [-0.05, 0) is 98.4 Å². The third-order valence-electron chi connectivity index (χ3n) is 6.10. The Morgan fingerprint density at radius 2 is 1.67 bits per heavy atom. The van der Waals surface area contributed by atoms with Crippen LogP contribution in [-0.2, 0) is 0 Å². The second-order valence-corrected chi connectivity index (χ2v) is 8.54. The number of phenols is 1. The first-order valence-corrected chi connectivity index (χ1v) is 11.1. The number of benzene rings is 2. The van der Waals surface area contributed by atoms with E-state index < -0.39 is 0 Å². The van der Waals surface area contributed by atoms with Crippen molar-refractivity contribution >= 4 is 23.0 Å².